The van der Waals surface area contributed by atoms with E-state index in [1.165, 1.54) is 6.92 Å². The molecular formula is C7H14O4. The molecule has 0 aliphatic carbocycles. The normalized spacial score (nSPS) is 52.6. The lowest BCUT2D eigenvalue weighted by atomic mass is 9.87. The van der Waals surface area contributed by atoms with Crippen molar-refractivity contribution in [3.8, 4) is 0 Å². The van der Waals surface area contributed by atoms with Crippen molar-refractivity contribution in [3.63, 3.8) is 0 Å². The van der Waals surface area contributed by atoms with Gasteiger partial charge >= 0.3 is 0 Å². The standard InChI is InChI=1S/C7H14O4/c1-4-7(2,10)6(9)5(8)3-11-4/h4-6,8-10H,3H2,1-2H3/t4?,5-,6?,7+/m0/s1. The maximum absolute atomic E-state index is 9.55. The molecule has 0 radical (unpaired) electrons. The number of ether oxygens (including phenoxy) is 1. The quantitative estimate of drug-likeness (QED) is 0.422. The van der Waals surface area contributed by atoms with Gasteiger partial charge in [0.25, 0.3) is 0 Å². The van der Waals surface area contributed by atoms with Crippen LogP contribution in [0.1, 0.15) is 13.8 Å². The van der Waals surface area contributed by atoms with E-state index in [2.05, 4.69) is 0 Å². The first-order valence-electron chi connectivity index (χ1n) is 3.66. The molecule has 4 nitrogen and oxygen atoms in total. The number of rotatable bonds is 0. The first-order valence-corrected chi connectivity index (χ1v) is 3.66. The van der Waals surface area contributed by atoms with Crippen LogP contribution in [0.2, 0.25) is 0 Å². The SMILES string of the molecule is CC1OC[C@H](O)C(O)[C@]1(C)O. The highest BCUT2D eigenvalue weighted by Gasteiger charge is 2.45. The van der Waals surface area contributed by atoms with Crippen LogP contribution in [0.3, 0.4) is 0 Å². The highest BCUT2D eigenvalue weighted by molar-refractivity contribution is 4.95. The molecule has 4 atom stereocenters. The predicted molar refractivity (Wildman–Crippen MR) is 38.1 cm³/mol. The summed E-state index contributed by atoms with van der Waals surface area (Å²) < 4.78 is 5.02. The van der Waals surface area contributed by atoms with Crippen molar-refractivity contribution in [1.82, 2.24) is 0 Å². The molecule has 0 aromatic carbocycles. The fraction of sp³-hybridized carbons (Fsp3) is 1.00. The van der Waals surface area contributed by atoms with Crippen LogP contribution in [-0.4, -0.2) is 45.8 Å². The Kier molecular flexibility index (Phi) is 2.20. The average molecular weight is 162 g/mol. The Hall–Kier alpha value is -0.160. The minimum Gasteiger partial charge on any atom is -0.388 e. The van der Waals surface area contributed by atoms with E-state index in [9.17, 15) is 10.2 Å². The Balaban J connectivity index is 2.72. The first kappa shape index (κ1) is 8.93. The fourth-order valence-corrected chi connectivity index (χ4v) is 1.13. The Labute approximate surface area is 65.4 Å². The van der Waals surface area contributed by atoms with Crippen molar-refractivity contribution in [2.45, 2.75) is 37.8 Å². The van der Waals surface area contributed by atoms with Crippen molar-refractivity contribution < 1.29 is 20.1 Å². The molecule has 1 fully saturated rings. The van der Waals surface area contributed by atoms with Gasteiger partial charge in [-0.2, -0.15) is 0 Å². The minimum absolute atomic E-state index is 0.0818. The summed E-state index contributed by atoms with van der Waals surface area (Å²) in [5.41, 5.74) is -1.35. The van der Waals surface area contributed by atoms with Crippen LogP contribution in [0.5, 0.6) is 0 Å². The second-order valence-electron chi connectivity index (χ2n) is 3.21. The van der Waals surface area contributed by atoms with Crippen LogP contribution in [0.25, 0.3) is 0 Å². The topological polar surface area (TPSA) is 69.9 Å². The molecule has 11 heavy (non-hydrogen) atoms. The Morgan fingerprint density at radius 2 is 2.00 bits per heavy atom. The molecule has 1 saturated heterocycles. The Morgan fingerprint density at radius 1 is 1.45 bits per heavy atom. The number of aliphatic hydroxyl groups excluding tert-OH is 2. The average Bonchev–Trinajstić information content (AvgIpc) is 1.95. The zero-order valence-corrected chi connectivity index (χ0v) is 6.69. The molecule has 0 aromatic heterocycles. The molecule has 1 aliphatic heterocycles. The zero-order valence-electron chi connectivity index (χ0n) is 6.69. The number of hydrogen-bond acceptors (Lipinski definition) is 4. The molecule has 4 heteroatoms. The van der Waals surface area contributed by atoms with E-state index in [0.717, 1.165) is 0 Å². The summed E-state index contributed by atoms with van der Waals surface area (Å²) in [6.45, 7) is 3.19. The van der Waals surface area contributed by atoms with E-state index in [1.807, 2.05) is 0 Å². The van der Waals surface area contributed by atoms with Crippen LogP contribution in [-0.2, 0) is 4.74 Å². The van der Waals surface area contributed by atoms with Crippen molar-refractivity contribution in [3.05, 3.63) is 0 Å². The van der Waals surface area contributed by atoms with Crippen LogP contribution in [0, 0.1) is 0 Å². The number of hydrogen-bond donors (Lipinski definition) is 3. The molecule has 2 unspecified atom stereocenters. The summed E-state index contributed by atoms with van der Waals surface area (Å²) in [7, 11) is 0. The van der Waals surface area contributed by atoms with Crippen molar-refractivity contribution in [2.24, 2.45) is 0 Å². The summed E-state index contributed by atoms with van der Waals surface area (Å²) in [6.07, 6.45) is -2.55. The molecule has 0 amide bonds. The molecule has 0 bridgehead atoms. The summed E-state index contributed by atoms with van der Waals surface area (Å²) >= 11 is 0. The first-order chi connectivity index (χ1) is 4.96. The largest absolute Gasteiger partial charge is 0.388 e. The van der Waals surface area contributed by atoms with Gasteiger partial charge in [-0.1, -0.05) is 0 Å². The summed E-state index contributed by atoms with van der Waals surface area (Å²) in [5.74, 6) is 0. The molecule has 3 N–H and O–H groups in total. The molecule has 1 aliphatic rings. The van der Waals surface area contributed by atoms with Gasteiger partial charge in [-0.05, 0) is 13.8 Å². The Bertz CT molecular complexity index is 145. The highest BCUT2D eigenvalue weighted by atomic mass is 16.5. The van der Waals surface area contributed by atoms with Crippen LogP contribution < -0.4 is 0 Å². The van der Waals surface area contributed by atoms with Crippen molar-refractivity contribution in [1.29, 1.82) is 0 Å². The summed E-state index contributed by atoms with van der Waals surface area (Å²) in [6, 6.07) is 0. The highest BCUT2D eigenvalue weighted by Crippen LogP contribution is 2.25. The lowest BCUT2D eigenvalue weighted by Gasteiger charge is -2.41. The third-order valence-electron chi connectivity index (χ3n) is 2.30. The smallest absolute Gasteiger partial charge is 0.116 e. The van der Waals surface area contributed by atoms with Gasteiger partial charge in [-0.15, -0.1) is 0 Å². The summed E-state index contributed by atoms with van der Waals surface area (Å²) in [4.78, 5) is 0. The van der Waals surface area contributed by atoms with Crippen LogP contribution >= 0.6 is 0 Å². The van der Waals surface area contributed by atoms with E-state index < -0.39 is 23.9 Å². The zero-order chi connectivity index (χ0) is 8.65. The van der Waals surface area contributed by atoms with Gasteiger partial charge in [0.15, 0.2) is 0 Å². The lowest BCUT2D eigenvalue weighted by molar-refractivity contribution is -0.229. The van der Waals surface area contributed by atoms with Gasteiger partial charge in [0.2, 0.25) is 0 Å². The molecule has 1 rings (SSSR count). The van der Waals surface area contributed by atoms with E-state index in [1.54, 1.807) is 6.92 Å². The third kappa shape index (κ3) is 1.39. The van der Waals surface area contributed by atoms with E-state index in [4.69, 9.17) is 9.84 Å². The van der Waals surface area contributed by atoms with Gasteiger partial charge in [0, 0.05) is 0 Å². The molecule has 0 aromatic rings. The monoisotopic (exact) mass is 162 g/mol. The lowest BCUT2D eigenvalue weighted by Crippen LogP contribution is -2.60. The molecule has 66 valence electrons. The molecule has 0 saturated carbocycles. The molecule has 0 spiro atoms. The maximum atomic E-state index is 9.55. The molecular weight excluding hydrogens is 148 g/mol. The predicted octanol–water partition coefficient (Wildman–Crippen LogP) is -1.12. The van der Waals surface area contributed by atoms with Gasteiger partial charge < -0.3 is 20.1 Å². The van der Waals surface area contributed by atoms with Gasteiger partial charge in [0.05, 0.1) is 12.7 Å². The van der Waals surface area contributed by atoms with Gasteiger partial charge in [0.1, 0.15) is 17.8 Å². The molecule has 1 heterocycles. The summed E-state index contributed by atoms with van der Waals surface area (Å²) in [5, 5.41) is 27.9. The van der Waals surface area contributed by atoms with E-state index in [0.29, 0.717) is 0 Å². The van der Waals surface area contributed by atoms with E-state index >= 15 is 0 Å². The van der Waals surface area contributed by atoms with Gasteiger partial charge in [-0.25, -0.2) is 0 Å². The van der Waals surface area contributed by atoms with Crippen molar-refractivity contribution >= 4 is 0 Å². The van der Waals surface area contributed by atoms with Crippen LogP contribution in [0.15, 0.2) is 0 Å². The van der Waals surface area contributed by atoms with Gasteiger partial charge in [-0.3, -0.25) is 0 Å². The minimum atomic E-state index is -1.35. The third-order valence-corrected chi connectivity index (χ3v) is 2.30. The van der Waals surface area contributed by atoms with Crippen molar-refractivity contribution in [2.75, 3.05) is 6.61 Å². The van der Waals surface area contributed by atoms with E-state index in [-0.39, 0.29) is 6.61 Å². The Morgan fingerprint density at radius 3 is 2.45 bits per heavy atom. The fourth-order valence-electron chi connectivity index (χ4n) is 1.13. The maximum Gasteiger partial charge on any atom is 0.116 e. The number of aliphatic hydroxyl groups is 3. The van der Waals surface area contributed by atoms with Crippen LogP contribution in [0.4, 0.5) is 0 Å². The second-order valence-corrected chi connectivity index (χ2v) is 3.21. The second kappa shape index (κ2) is 2.71.